The van der Waals surface area contributed by atoms with Crippen molar-refractivity contribution in [1.82, 2.24) is 0 Å². The molecular weight excluding hydrogens is 308 g/mol. The fourth-order valence-corrected chi connectivity index (χ4v) is 0. The summed E-state index contributed by atoms with van der Waals surface area (Å²) in [7, 11) is 0. The van der Waals surface area contributed by atoms with Gasteiger partial charge in [-0.2, -0.15) is 0 Å². The Balaban J connectivity index is 0. The molecule has 0 aromatic heterocycles. The van der Waals surface area contributed by atoms with E-state index in [0.29, 0.717) is 0 Å². The van der Waals surface area contributed by atoms with Gasteiger partial charge in [0.25, 0.3) is 0 Å². The van der Waals surface area contributed by atoms with E-state index in [1.807, 2.05) is 0 Å². The first kappa shape index (κ1) is 67.2. The summed E-state index contributed by atoms with van der Waals surface area (Å²) in [6.07, 6.45) is 0. The molecule has 0 aromatic carbocycles. The summed E-state index contributed by atoms with van der Waals surface area (Å²) in [6, 6.07) is 0. The van der Waals surface area contributed by atoms with Gasteiger partial charge in [0.05, 0.1) is 0 Å². The van der Waals surface area contributed by atoms with Crippen LogP contribution >= 0.6 is 61.2 Å². The number of rotatable bonds is 0. The minimum absolute atomic E-state index is 0. The third-order valence-corrected chi connectivity index (χ3v) is 0. The molecule has 0 radical (unpaired) electrons. The van der Waals surface area contributed by atoms with Crippen molar-refractivity contribution >= 4 is 78.6 Å². The molecule has 0 nitrogen and oxygen atoms in total. The summed E-state index contributed by atoms with van der Waals surface area (Å²) in [5.41, 5.74) is 0. The average Bonchev–Trinajstić information content (AvgIpc) is 0. The van der Waals surface area contributed by atoms with Crippen molar-refractivity contribution < 1.29 is 21.7 Å². The molecule has 0 bridgehead atoms. The van der Waals surface area contributed by atoms with Crippen molar-refractivity contribution in [1.29, 1.82) is 0 Å². The first-order chi connectivity index (χ1) is 0. The van der Waals surface area contributed by atoms with Crippen molar-refractivity contribution in [2.75, 3.05) is 0 Å². The van der Waals surface area contributed by atoms with Gasteiger partial charge in [0.2, 0.25) is 0 Å². The van der Waals surface area contributed by atoms with Crippen molar-refractivity contribution in [3.8, 4) is 0 Å². The van der Waals surface area contributed by atoms with E-state index in [9.17, 15) is 0 Å². The van der Waals surface area contributed by atoms with E-state index in [2.05, 4.69) is 0 Å². The van der Waals surface area contributed by atoms with Gasteiger partial charge in [0.1, 0.15) is 0 Å². The van der Waals surface area contributed by atoms with E-state index < -0.39 is 0 Å². The SMILES string of the molecule is Cl.Cl.Cl.I.[AlH3].[Ti]. The average molecular weight is 315 g/mol. The summed E-state index contributed by atoms with van der Waals surface area (Å²) < 4.78 is 0. The quantitative estimate of drug-likeness (QED) is 0.456. The van der Waals surface area contributed by atoms with Crippen molar-refractivity contribution in [3.63, 3.8) is 0 Å². The van der Waals surface area contributed by atoms with Crippen LogP contribution in [-0.2, 0) is 21.7 Å². The minimum atomic E-state index is 0. The Hall–Kier alpha value is 2.85. The van der Waals surface area contributed by atoms with E-state index in [-0.39, 0.29) is 100 Å². The van der Waals surface area contributed by atoms with Crippen molar-refractivity contribution in [2.45, 2.75) is 0 Å². The second-order valence-corrected chi connectivity index (χ2v) is 0. The fraction of sp³-hybridized carbons (Fsp3) is 0. The largest absolute Gasteiger partial charge is 0.187 e. The van der Waals surface area contributed by atoms with Gasteiger partial charge in [-0.15, -0.1) is 61.2 Å². The molecule has 0 saturated heterocycles. The smallest absolute Gasteiger partial charge is 0.147 e. The number of halogens is 4. The maximum absolute atomic E-state index is 0. The van der Waals surface area contributed by atoms with Crippen LogP contribution in [0.25, 0.3) is 0 Å². The molecule has 0 spiro atoms. The Labute approximate surface area is 98.9 Å². The van der Waals surface area contributed by atoms with E-state index in [4.69, 9.17) is 0 Å². The zero-order valence-electron chi connectivity index (χ0n) is 2.13. The molecule has 0 aliphatic rings. The van der Waals surface area contributed by atoms with E-state index in [1.54, 1.807) is 0 Å². The monoisotopic (exact) mass is 314 g/mol. The minimum Gasteiger partial charge on any atom is -0.147 e. The van der Waals surface area contributed by atoms with Crippen LogP contribution in [0, 0.1) is 0 Å². The van der Waals surface area contributed by atoms with Crippen LogP contribution in [0.1, 0.15) is 0 Å². The molecule has 0 aliphatic heterocycles. The van der Waals surface area contributed by atoms with Crippen LogP contribution in [0.4, 0.5) is 0 Å². The summed E-state index contributed by atoms with van der Waals surface area (Å²) >= 11 is 0. The third-order valence-electron chi connectivity index (χ3n) is 0. The molecule has 6 heteroatoms. The van der Waals surface area contributed by atoms with Crippen molar-refractivity contribution in [3.05, 3.63) is 0 Å². The summed E-state index contributed by atoms with van der Waals surface area (Å²) in [5, 5.41) is 0. The molecule has 0 unspecified atom stereocenters. The molecule has 0 heterocycles. The Kier molecular flexibility index (Phi) is 508. The van der Waals surface area contributed by atoms with Crippen LogP contribution in [0.5, 0.6) is 0 Å². The van der Waals surface area contributed by atoms with E-state index >= 15 is 0 Å². The van der Waals surface area contributed by atoms with Crippen LogP contribution in [0.2, 0.25) is 0 Å². The Morgan fingerprint density at radius 2 is 0.667 bits per heavy atom. The van der Waals surface area contributed by atoms with Crippen LogP contribution in [0.3, 0.4) is 0 Å². The number of hydrogen-bond acceptors (Lipinski definition) is 0. The maximum atomic E-state index is 0. The summed E-state index contributed by atoms with van der Waals surface area (Å²) in [6.45, 7) is 0. The first-order valence-electron chi connectivity index (χ1n) is 0. The third kappa shape index (κ3) is 28.9. The summed E-state index contributed by atoms with van der Waals surface area (Å²) in [4.78, 5) is 0. The normalized spacial score (nSPS) is 0. The molecule has 0 saturated carbocycles. The second kappa shape index (κ2) is 45.4. The van der Waals surface area contributed by atoms with Gasteiger partial charge in [-0.1, -0.05) is 0 Å². The molecule has 0 aliphatic carbocycles. The number of hydrogen-bond donors (Lipinski definition) is 0. The van der Waals surface area contributed by atoms with Gasteiger partial charge in [-0.3, -0.25) is 0 Å². The van der Waals surface area contributed by atoms with Crippen LogP contribution in [-0.4, -0.2) is 17.4 Å². The Morgan fingerprint density at radius 1 is 0.667 bits per heavy atom. The Bertz CT molecular complexity index is 10.8. The molecule has 42 valence electrons. The molecular formula is H7AlCl3ITi. The fourth-order valence-electron chi connectivity index (χ4n) is 0. The molecule has 0 fully saturated rings. The second-order valence-electron chi connectivity index (χ2n) is 0. The van der Waals surface area contributed by atoms with E-state index in [1.165, 1.54) is 0 Å². The molecule has 0 rings (SSSR count). The van der Waals surface area contributed by atoms with Gasteiger partial charge in [0, 0.05) is 21.7 Å². The Morgan fingerprint density at radius 3 is 0.667 bits per heavy atom. The predicted molar refractivity (Wildman–Crippen MR) is 47.1 cm³/mol. The molecule has 0 aromatic rings. The van der Waals surface area contributed by atoms with Crippen LogP contribution < -0.4 is 0 Å². The molecule has 0 amide bonds. The van der Waals surface area contributed by atoms with Crippen LogP contribution in [0.15, 0.2) is 0 Å². The van der Waals surface area contributed by atoms with Gasteiger partial charge in [0.15, 0.2) is 17.4 Å². The zero-order chi connectivity index (χ0) is 0. The van der Waals surface area contributed by atoms with Gasteiger partial charge in [-0.25, -0.2) is 0 Å². The zero-order valence-corrected chi connectivity index (χ0v) is 8.47. The summed E-state index contributed by atoms with van der Waals surface area (Å²) in [5.74, 6) is 0. The van der Waals surface area contributed by atoms with Gasteiger partial charge in [-0.05, 0) is 0 Å². The maximum Gasteiger partial charge on any atom is 0.187 e. The molecule has 0 N–H and O–H groups in total. The first-order valence-corrected chi connectivity index (χ1v) is 0. The molecule has 0 atom stereocenters. The predicted octanol–water partition coefficient (Wildman–Crippen LogP) is 0.697. The molecule has 6 heavy (non-hydrogen) atoms. The van der Waals surface area contributed by atoms with Gasteiger partial charge >= 0.3 is 0 Å². The topological polar surface area (TPSA) is 0 Å². The van der Waals surface area contributed by atoms with Crippen molar-refractivity contribution in [2.24, 2.45) is 0 Å². The van der Waals surface area contributed by atoms with Gasteiger partial charge < -0.3 is 0 Å². The standard InChI is InChI=1S/Al.3ClH.HI.Ti.3H/h;4*1H;;;;. The van der Waals surface area contributed by atoms with E-state index in [0.717, 1.165) is 0 Å².